The van der Waals surface area contributed by atoms with Gasteiger partial charge in [-0.3, -0.25) is 14.4 Å². The number of amides is 1. The van der Waals surface area contributed by atoms with Crippen molar-refractivity contribution in [2.75, 3.05) is 13.1 Å². The van der Waals surface area contributed by atoms with Gasteiger partial charge in [0.25, 0.3) is 0 Å². The fourth-order valence-electron chi connectivity index (χ4n) is 5.46. The molecule has 3 heterocycles. The molecule has 2 aromatic heterocycles. The second-order valence-electron chi connectivity index (χ2n) is 10.2. The number of nitrogens with zero attached hydrogens (tertiary/aromatic N) is 4. The second-order valence-corrected chi connectivity index (χ2v) is 11.3. The van der Waals surface area contributed by atoms with Crippen LogP contribution in [0.5, 0.6) is 0 Å². The van der Waals surface area contributed by atoms with Gasteiger partial charge in [-0.25, -0.2) is 13.8 Å². The zero-order valence-corrected chi connectivity index (χ0v) is 20.0. The van der Waals surface area contributed by atoms with Gasteiger partial charge in [0.2, 0.25) is 11.8 Å². The first kappa shape index (κ1) is 22.9. The van der Waals surface area contributed by atoms with E-state index in [1.165, 1.54) is 11.3 Å². The van der Waals surface area contributed by atoms with E-state index in [-0.39, 0.29) is 30.7 Å². The molecule has 6 nitrogen and oxygen atoms in total. The Morgan fingerprint density at radius 2 is 2.06 bits per heavy atom. The number of aryl methyl sites for hydroxylation is 1. The minimum absolute atomic E-state index is 0.0320. The SMILES string of the molecule is Cn1cc(CC(=O)N[C@H]2CC[C@H](CCN3CCc4sc(C5CC(F)(F)C5)nc4C3)CC2)cn1. The maximum atomic E-state index is 13.2. The second kappa shape index (κ2) is 9.41. The van der Waals surface area contributed by atoms with Gasteiger partial charge < -0.3 is 5.32 Å². The van der Waals surface area contributed by atoms with Gasteiger partial charge in [0, 0.05) is 56.0 Å². The summed E-state index contributed by atoms with van der Waals surface area (Å²) in [7, 11) is 1.86. The molecule has 5 rings (SSSR count). The van der Waals surface area contributed by atoms with Gasteiger partial charge in [-0.1, -0.05) is 0 Å². The molecule has 180 valence electrons. The summed E-state index contributed by atoms with van der Waals surface area (Å²) in [6.07, 6.45) is 10.6. The number of alkyl halides is 2. The summed E-state index contributed by atoms with van der Waals surface area (Å²) in [6, 6.07) is 0.287. The average Bonchev–Trinajstić information content (AvgIpc) is 3.36. The van der Waals surface area contributed by atoms with Crippen LogP contribution in [0.25, 0.3) is 0 Å². The predicted molar refractivity (Wildman–Crippen MR) is 123 cm³/mol. The lowest BCUT2D eigenvalue weighted by atomic mass is 9.82. The van der Waals surface area contributed by atoms with Gasteiger partial charge in [0.15, 0.2) is 0 Å². The normalized spacial score (nSPS) is 25.4. The van der Waals surface area contributed by atoms with Crippen molar-refractivity contribution in [2.24, 2.45) is 13.0 Å². The van der Waals surface area contributed by atoms with E-state index in [2.05, 4.69) is 15.3 Å². The van der Waals surface area contributed by atoms with Crippen LogP contribution in [0.15, 0.2) is 12.4 Å². The van der Waals surface area contributed by atoms with Crippen molar-refractivity contribution in [3.8, 4) is 0 Å². The predicted octanol–water partition coefficient (Wildman–Crippen LogP) is 4.06. The zero-order valence-electron chi connectivity index (χ0n) is 19.2. The largest absolute Gasteiger partial charge is 0.353 e. The summed E-state index contributed by atoms with van der Waals surface area (Å²) in [6.45, 7) is 2.96. The number of hydrogen-bond acceptors (Lipinski definition) is 5. The lowest BCUT2D eigenvalue weighted by molar-refractivity contribution is -0.121. The summed E-state index contributed by atoms with van der Waals surface area (Å²) in [5.74, 6) is -1.72. The lowest BCUT2D eigenvalue weighted by Gasteiger charge is -2.33. The number of aromatic nitrogens is 3. The summed E-state index contributed by atoms with van der Waals surface area (Å²) in [5, 5.41) is 8.25. The van der Waals surface area contributed by atoms with Crippen molar-refractivity contribution < 1.29 is 13.6 Å². The number of carbonyl (C=O) groups is 1. The average molecular weight is 478 g/mol. The van der Waals surface area contributed by atoms with E-state index in [1.54, 1.807) is 22.2 Å². The van der Waals surface area contributed by atoms with E-state index < -0.39 is 5.92 Å². The molecule has 1 amide bonds. The third kappa shape index (κ3) is 5.62. The number of carbonyl (C=O) groups excluding carboxylic acids is 1. The molecule has 0 radical (unpaired) electrons. The molecule has 0 bridgehead atoms. The fraction of sp³-hybridized carbons (Fsp3) is 0.708. The molecule has 0 saturated heterocycles. The molecular formula is C24H33F2N5OS. The molecule has 2 aliphatic carbocycles. The molecule has 2 saturated carbocycles. The van der Waals surface area contributed by atoms with Gasteiger partial charge in [-0.2, -0.15) is 5.10 Å². The van der Waals surface area contributed by atoms with Crippen LogP contribution in [0, 0.1) is 5.92 Å². The van der Waals surface area contributed by atoms with Gasteiger partial charge in [-0.05, 0) is 56.6 Å². The molecule has 2 fully saturated rings. The van der Waals surface area contributed by atoms with Crippen LogP contribution in [0.2, 0.25) is 0 Å². The molecule has 1 N–H and O–H groups in total. The smallest absolute Gasteiger partial charge is 0.249 e. The monoisotopic (exact) mass is 477 g/mol. The summed E-state index contributed by atoms with van der Waals surface area (Å²) >= 11 is 1.66. The number of thiazole rings is 1. The van der Waals surface area contributed by atoms with Crippen molar-refractivity contribution in [1.29, 1.82) is 0 Å². The quantitative estimate of drug-likeness (QED) is 0.654. The summed E-state index contributed by atoms with van der Waals surface area (Å²) in [5.41, 5.74) is 2.07. The highest BCUT2D eigenvalue weighted by Crippen LogP contribution is 2.49. The first-order valence-corrected chi connectivity index (χ1v) is 13.0. The highest BCUT2D eigenvalue weighted by atomic mass is 32.1. The van der Waals surface area contributed by atoms with E-state index >= 15 is 0 Å². The molecule has 3 aliphatic rings. The third-order valence-electron chi connectivity index (χ3n) is 7.45. The Bertz CT molecular complexity index is 973. The Kier molecular flexibility index (Phi) is 6.53. The van der Waals surface area contributed by atoms with Crippen molar-refractivity contribution >= 4 is 17.2 Å². The number of rotatable bonds is 7. The standard InChI is InChI=1S/C24H33F2N5OS/c1-30-14-17(13-27-30)10-22(32)28-19-4-2-16(3-5-19)6-8-31-9-7-21-20(15-31)29-23(33-21)18-11-24(25,26)12-18/h13-14,16,18-19H,2-12,15H2,1H3,(H,28,32)/t16-,19-. The molecule has 0 aromatic carbocycles. The third-order valence-corrected chi connectivity index (χ3v) is 8.77. The number of halogens is 2. The molecule has 0 spiro atoms. The van der Waals surface area contributed by atoms with Crippen LogP contribution < -0.4 is 5.32 Å². The van der Waals surface area contributed by atoms with Crippen LogP contribution in [0.1, 0.15) is 72.0 Å². The van der Waals surface area contributed by atoms with E-state index in [4.69, 9.17) is 4.98 Å². The molecule has 33 heavy (non-hydrogen) atoms. The van der Waals surface area contributed by atoms with Crippen LogP contribution in [-0.4, -0.2) is 50.6 Å². The van der Waals surface area contributed by atoms with Crippen LogP contribution in [0.4, 0.5) is 8.78 Å². The fourth-order valence-corrected chi connectivity index (χ4v) is 6.62. The minimum Gasteiger partial charge on any atom is -0.353 e. The maximum absolute atomic E-state index is 13.2. The summed E-state index contributed by atoms with van der Waals surface area (Å²) in [4.78, 5) is 20.8. The maximum Gasteiger partial charge on any atom is 0.249 e. The zero-order chi connectivity index (χ0) is 23.0. The van der Waals surface area contributed by atoms with Gasteiger partial charge >= 0.3 is 0 Å². The van der Waals surface area contributed by atoms with Crippen LogP contribution in [-0.2, 0) is 31.2 Å². The first-order valence-electron chi connectivity index (χ1n) is 12.2. The van der Waals surface area contributed by atoms with E-state index in [1.807, 2.05) is 13.2 Å². The highest BCUT2D eigenvalue weighted by molar-refractivity contribution is 7.11. The molecule has 2 aromatic rings. The first-order chi connectivity index (χ1) is 15.8. The molecule has 9 heteroatoms. The Hall–Kier alpha value is -1.87. The number of fused-ring (bicyclic) bond motifs is 1. The molecule has 0 unspecified atom stereocenters. The van der Waals surface area contributed by atoms with E-state index in [0.717, 1.165) is 68.0 Å². The van der Waals surface area contributed by atoms with Crippen molar-refractivity contribution in [1.82, 2.24) is 25.0 Å². The number of nitrogens with one attached hydrogen (secondary N) is 1. The van der Waals surface area contributed by atoms with Crippen LogP contribution >= 0.6 is 11.3 Å². The Morgan fingerprint density at radius 3 is 2.76 bits per heavy atom. The van der Waals surface area contributed by atoms with Crippen molar-refractivity contribution in [3.05, 3.63) is 33.5 Å². The Morgan fingerprint density at radius 1 is 1.27 bits per heavy atom. The Labute approximate surface area is 197 Å². The summed E-state index contributed by atoms with van der Waals surface area (Å²) < 4.78 is 28.2. The topological polar surface area (TPSA) is 63.1 Å². The van der Waals surface area contributed by atoms with Gasteiger partial charge in [-0.15, -0.1) is 11.3 Å². The minimum atomic E-state index is -2.48. The van der Waals surface area contributed by atoms with Crippen LogP contribution in [0.3, 0.4) is 0 Å². The highest BCUT2D eigenvalue weighted by Gasteiger charge is 2.47. The lowest BCUT2D eigenvalue weighted by Crippen LogP contribution is -2.39. The van der Waals surface area contributed by atoms with E-state index in [9.17, 15) is 13.6 Å². The Balaban J connectivity index is 1.02. The van der Waals surface area contributed by atoms with Crippen molar-refractivity contribution in [3.63, 3.8) is 0 Å². The number of hydrogen-bond donors (Lipinski definition) is 1. The van der Waals surface area contributed by atoms with Gasteiger partial charge in [0.1, 0.15) is 0 Å². The van der Waals surface area contributed by atoms with Crippen molar-refractivity contribution in [2.45, 2.75) is 82.2 Å². The molecular weight excluding hydrogens is 444 g/mol. The molecule has 1 aliphatic heterocycles. The van der Waals surface area contributed by atoms with E-state index in [0.29, 0.717) is 12.3 Å². The van der Waals surface area contributed by atoms with Gasteiger partial charge in [0.05, 0.1) is 23.3 Å². The molecule has 0 atom stereocenters.